The van der Waals surface area contributed by atoms with Gasteiger partial charge in [0, 0.05) is 24.1 Å². The van der Waals surface area contributed by atoms with Gasteiger partial charge in [-0.25, -0.2) is 4.98 Å². The number of rotatable bonds is 5. The first-order valence-electron chi connectivity index (χ1n) is 9.49. The fourth-order valence-electron chi connectivity index (χ4n) is 3.79. The minimum atomic E-state index is -0.0432. The van der Waals surface area contributed by atoms with Crippen LogP contribution in [0.15, 0.2) is 32.6 Å². The molecule has 0 bridgehead atoms. The summed E-state index contributed by atoms with van der Waals surface area (Å²) in [6, 6.07) is 5.54. The van der Waals surface area contributed by atoms with Gasteiger partial charge < -0.3 is 4.90 Å². The summed E-state index contributed by atoms with van der Waals surface area (Å²) in [4.78, 5) is 32.3. The Hall–Kier alpha value is -1.34. The van der Waals surface area contributed by atoms with E-state index in [4.69, 9.17) is 0 Å². The Labute approximate surface area is 172 Å². The van der Waals surface area contributed by atoms with E-state index in [1.807, 2.05) is 30.0 Å². The Bertz CT molecular complexity index is 889. The van der Waals surface area contributed by atoms with E-state index in [-0.39, 0.29) is 11.5 Å². The van der Waals surface area contributed by atoms with Crippen LogP contribution < -0.4 is 5.56 Å². The lowest BCUT2D eigenvalue weighted by Crippen LogP contribution is -2.43. The molecule has 1 aliphatic heterocycles. The molecular formula is C20H26BrN3O2S. The predicted molar refractivity (Wildman–Crippen MR) is 114 cm³/mol. The number of thioether (sulfide) groups is 1. The second kappa shape index (κ2) is 8.78. The normalized spacial score (nSPS) is 20.2. The number of carbonyl (C=O) groups is 1. The Morgan fingerprint density at radius 1 is 1.30 bits per heavy atom. The molecule has 0 spiro atoms. The monoisotopic (exact) mass is 451 g/mol. The third kappa shape index (κ3) is 4.74. The number of fused-ring (bicyclic) bond motifs is 1. The van der Waals surface area contributed by atoms with Crippen LogP contribution in [0.4, 0.5) is 0 Å². The fraction of sp³-hybridized carbons (Fsp3) is 0.550. The number of halogens is 1. The molecule has 0 aliphatic carbocycles. The average Bonchev–Trinajstić information content (AvgIpc) is 2.62. The molecule has 2 heterocycles. The zero-order valence-corrected chi connectivity index (χ0v) is 18.5. The van der Waals surface area contributed by atoms with Gasteiger partial charge in [0.2, 0.25) is 5.91 Å². The summed E-state index contributed by atoms with van der Waals surface area (Å²) in [6.45, 7) is 8.68. The first kappa shape index (κ1) is 20.4. The number of hydrogen-bond acceptors (Lipinski definition) is 4. The maximum atomic E-state index is 12.9. The van der Waals surface area contributed by atoms with Crippen LogP contribution in [-0.2, 0) is 11.3 Å². The van der Waals surface area contributed by atoms with Gasteiger partial charge in [-0.1, -0.05) is 48.5 Å². The van der Waals surface area contributed by atoms with Crippen LogP contribution in [0.3, 0.4) is 0 Å². The van der Waals surface area contributed by atoms with Crippen molar-refractivity contribution in [3.63, 3.8) is 0 Å². The lowest BCUT2D eigenvalue weighted by molar-refractivity contribution is -0.130. The molecule has 1 amide bonds. The number of hydrogen-bond donors (Lipinski definition) is 0. The molecular weight excluding hydrogens is 426 g/mol. The third-order valence-electron chi connectivity index (χ3n) is 4.87. The average molecular weight is 452 g/mol. The Morgan fingerprint density at radius 2 is 2.00 bits per heavy atom. The zero-order chi connectivity index (χ0) is 19.6. The molecule has 27 heavy (non-hydrogen) atoms. The summed E-state index contributed by atoms with van der Waals surface area (Å²) in [5, 5.41) is 1.23. The van der Waals surface area contributed by atoms with Gasteiger partial charge in [0.25, 0.3) is 5.56 Å². The van der Waals surface area contributed by atoms with Crippen LogP contribution in [0.1, 0.15) is 33.6 Å². The van der Waals surface area contributed by atoms with Crippen LogP contribution in [0.25, 0.3) is 10.9 Å². The highest BCUT2D eigenvalue weighted by atomic mass is 79.9. The number of aromatic nitrogens is 2. The summed E-state index contributed by atoms with van der Waals surface area (Å²) < 4.78 is 2.56. The zero-order valence-electron chi connectivity index (χ0n) is 16.1. The van der Waals surface area contributed by atoms with E-state index in [1.54, 1.807) is 4.57 Å². The van der Waals surface area contributed by atoms with E-state index in [9.17, 15) is 9.59 Å². The lowest BCUT2D eigenvalue weighted by atomic mass is 9.92. The molecule has 2 unspecified atom stereocenters. The van der Waals surface area contributed by atoms with Crippen molar-refractivity contribution in [1.82, 2.24) is 14.5 Å². The van der Waals surface area contributed by atoms with Crippen molar-refractivity contribution in [1.29, 1.82) is 0 Å². The van der Waals surface area contributed by atoms with Crippen molar-refractivity contribution in [2.24, 2.45) is 11.8 Å². The maximum Gasteiger partial charge on any atom is 0.262 e. The molecule has 1 aromatic heterocycles. The molecule has 0 saturated carbocycles. The summed E-state index contributed by atoms with van der Waals surface area (Å²) in [5.41, 5.74) is 0.629. The number of likely N-dealkylation sites (tertiary alicyclic amines) is 1. The van der Waals surface area contributed by atoms with Gasteiger partial charge in [-0.3, -0.25) is 14.2 Å². The topological polar surface area (TPSA) is 55.2 Å². The Morgan fingerprint density at radius 3 is 2.67 bits per heavy atom. The van der Waals surface area contributed by atoms with E-state index < -0.39 is 0 Å². The first-order chi connectivity index (χ1) is 12.9. The summed E-state index contributed by atoms with van der Waals surface area (Å²) in [5.74, 6) is 1.53. The molecule has 1 aromatic carbocycles. The van der Waals surface area contributed by atoms with Crippen molar-refractivity contribution in [3.8, 4) is 0 Å². The van der Waals surface area contributed by atoms with Gasteiger partial charge in [0.1, 0.15) is 0 Å². The van der Waals surface area contributed by atoms with Gasteiger partial charge in [0.15, 0.2) is 5.16 Å². The molecule has 0 N–H and O–H groups in total. The number of benzene rings is 1. The standard InChI is InChI=1S/C20H26BrN3O2S/c1-4-7-24-19(26)16-9-15(21)5-6-17(16)22-20(24)27-12-18(25)23-10-13(2)8-14(3)11-23/h5-6,9,13-14H,4,7-8,10-12H2,1-3H3. The van der Waals surface area contributed by atoms with E-state index >= 15 is 0 Å². The second-order valence-corrected chi connectivity index (χ2v) is 9.40. The molecule has 1 saturated heterocycles. The van der Waals surface area contributed by atoms with Gasteiger partial charge in [-0.05, 0) is 42.9 Å². The van der Waals surface area contributed by atoms with Crippen molar-refractivity contribution in [3.05, 3.63) is 33.0 Å². The highest BCUT2D eigenvalue weighted by Crippen LogP contribution is 2.24. The fourth-order valence-corrected chi connectivity index (χ4v) is 5.08. The van der Waals surface area contributed by atoms with Crippen LogP contribution >= 0.6 is 27.7 Å². The van der Waals surface area contributed by atoms with E-state index in [0.717, 1.165) is 24.0 Å². The number of piperidine rings is 1. The van der Waals surface area contributed by atoms with E-state index in [2.05, 4.69) is 34.8 Å². The van der Waals surface area contributed by atoms with E-state index in [0.29, 0.717) is 40.2 Å². The minimum Gasteiger partial charge on any atom is -0.341 e. The summed E-state index contributed by atoms with van der Waals surface area (Å²) >= 11 is 4.79. The third-order valence-corrected chi connectivity index (χ3v) is 6.33. The van der Waals surface area contributed by atoms with Crippen LogP contribution in [0.5, 0.6) is 0 Å². The van der Waals surface area contributed by atoms with Crippen molar-refractivity contribution < 1.29 is 4.79 Å². The minimum absolute atomic E-state index is 0.0432. The molecule has 1 aliphatic rings. The molecule has 2 atom stereocenters. The summed E-state index contributed by atoms with van der Waals surface area (Å²) in [6.07, 6.45) is 2.01. The highest BCUT2D eigenvalue weighted by molar-refractivity contribution is 9.10. The molecule has 1 fully saturated rings. The van der Waals surface area contributed by atoms with Crippen molar-refractivity contribution in [2.45, 2.75) is 45.3 Å². The predicted octanol–water partition coefficient (Wildman–Crippen LogP) is 4.17. The van der Waals surface area contributed by atoms with Crippen LogP contribution in [-0.4, -0.2) is 39.2 Å². The van der Waals surface area contributed by atoms with E-state index in [1.165, 1.54) is 18.2 Å². The summed E-state index contributed by atoms with van der Waals surface area (Å²) in [7, 11) is 0. The Kier molecular flexibility index (Phi) is 6.63. The maximum absolute atomic E-state index is 12.9. The molecule has 5 nitrogen and oxygen atoms in total. The molecule has 146 valence electrons. The van der Waals surface area contributed by atoms with Crippen molar-refractivity contribution >= 4 is 44.5 Å². The molecule has 3 rings (SSSR count). The molecule has 0 radical (unpaired) electrons. The smallest absolute Gasteiger partial charge is 0.262 e. The number of nitrogens with zero attached hydrogens (tertiary/aromatic N) is 3. The van der Waals surface area contributed by atoms with Gasteiger partial charge in [-0.15, -0.1) is 0 Å². The van der Waals surface area contributed by atoms with Gasteiger partial charge in [0.05, 0.1) is 16.7 Å². The number of carbonyl (C=O) groups excluding carboxylic acids is 1. The number of amides is 1. The first-order valence-corrected chi connectivity index (χ1v) is 11.3. The molecule has 7 heteroatoms. The van der Waals surface area contributed by atoms with Crippen LogP contribution in [0, 0.1) is 11.8 Å². The largest absolute Gasteiger partial charge is 0.341 e. The quantitative estimate of drug-likeness (QED) is 0.505. The van der Waals surface area contributed by atoms with Gasteiger partial charge in [-0.2, -0.15) is 0 Å². The van der Waals surface area contributed by atoms with Crippen molar-refractivity contribution in [2.75, 3.05) is 18.8 Å². The second-order valence-electron chi connectivity index (χ2n) is 7.55. The van der Waals surface area contributed by atoms with Crippen LogP contribution in [0.2, 0.25) is 0 Å². The highest BCUT2D eigenvalue weighted by Gasteiger charge is 2.25. The van der Waals surface area contributed by atoms with Gasteiger partial charge >= 0.3 is 0 Å². The lowest BCUT2D eigenvalue weighted by Gasteiger charge is -2.35. The molecule has 2 aromatic rings. The SMILES string of the molecule is CCCn1c(SCC(=O)N2CC(C)CC(C)C2)nc2ccc(Br)cc2c1=O. The Balaban J connectivity index is 1.83.